The van der Waals surface area contributed by atoms with Gasteiger partial charge in [-0.05, 0) is 31.6 Å². The minimum absolute atomic E-state index is 0.218. The molecule has 0 atom stereocenters. The summed E-state index contributed by atoms with van der Waals surface area (Å²) in [6, 6.07) is 5.35. The molecule has 0 aliphatic carbocycles. The molecule has 0 radical (unpaired) electrons. The van der Waals surface area contributed by atoms with E-state index in [1.54, 1.807) is 31.5 Å². The highest BCUT2D eigenvalue weighted by molar-refractivity contribution is 8.26. The Morgan fingerprint density at radius 1 is 1.37 bits per heavy atom. The number of fused-ring (bicyclic) bond motifs is 1. The molecule has 142 valence electrons. The average molecular weight is 405 g/mol. The third-order valence-electron chi connectivity index (χ3n) is 3.99. The summed E-state index contributed by atoms with van der Waals surface area (Å²) in [5, 5.41) is 3.20. The molecule has 2 aromatic rings. The molecule has 1 aliphatic rings. The van der Waals surface area contributed by atoms with Crippen LogP contribution in [0.5, 0.6) is 0 Å². The summed E-state index contributed by atoms with van der Waals surface area (Å²) in [7, 11) is 1.62. The highest BCUT2D eigenvalue weighted by Crippen LogP contribution is 2.31. The third kappa shape index (κ3) is 4.20. The first-order chi connectivity index (χ1) is 13.0. The molecule has 0 spiro atoms. The van der Waals surface area contributed by atoms with Gasteiger partial charge >= 0.3 is 0 Å². The molecule has 1 saturated heterocycles. The average Bonchev–Trinajstić information content (AvgIpc) is 2.91. The van der Waals surface area contributed by atoms with Crippen LogP contribution in [-0.4, -0.2) is 51.3 Å². The largest absolute Gasteiger partial charge is 0.382 e. The zero-order valence-electron chi connectivity index (χ0n) is 15.1. The van der Waals surface area contributed by atoms with Gasteiger partial charge in [-0.25, -0.2) is 4.98 Å². The quantitative estimate of drug-likeness (QED) is 0.431. The number of ether oxygens (including phenoxy) is 1. The van der Waals surface area contributed by atoms with Crippen LogP contribution in [0.15, 0.2) is 34.1 Å². The van der Waals surface area contributed by atoms with Gasteiger partial charge in [0, 0.05) is 33.0 Å². The van der Waals surface area contributed by atoms with E-state index < -0.39 is 0 Å². The van der Waals surface area contributed by atoms with Crippen LogP contribution in [0.2, 0.25) is 0 Å². The highest BCUT2D eigenvalue weighted by Gasteiger charge is 2.29. The number of likely N-dealkylation sites (N-methyl/N-ethyl adjacent to an activating group) is 1. The lowest BCUT2D eigenvalue weighted by Crippen LogP contribution is -2.23. The normalized spacial score (nSPS) is 15.9. The summed E-state index contributed by atoms with van der Waals surface area (Å²) in [5.74, 6) is 0.230. The third-order valence-corrected chi connectivity index (χ3v) is 5.48. The number of nitrogens with zero attached hydrogens (tertiary/aromatic N) is 3. The Morgan fingerprint density at radius 2 is 2.19 bits per heavy atom. The number of pyridine rings is 1. The van der Waals surface area contributed by atoms with Crippen molar-refractivity contribution in [2.24, 2.45) is 0 Å². The number of amides is 1. The van der Waals surface area contributed by atoms with Crippen LogP contribution in [0.25, 0.3) is 11.7 Å². The molecular weight excluding hydrogens is 384 g/mol. The molecule has 1 aliphatic heterocycles. The molecule has 0 unspecified atom stereocenters. The topological polar surface area (TPSA) is 75.9 Å². The van der Waals surface area contributed by atoms with Crippen LogP contribution in [0, 0.1) is 0 Å². The Hall–Kier alpha value is -2.23. The van der Waals surface area contributed by atoms with E-state index in [-0.39, 0.29) is 11.5 Å². The van der Waals surface area contributed by atoms with Crippen LogP contribution >= 0.6 is 24.0 Å². The fourth-order valence-electron chi connectivity index (χ4n) is 2.57. The number of nitrogens with one attached hydrogen (secondary N) is 1. The first-order valence-electron chi connectivity index (χ1n) is 8.57. The van der Waals surface area contributed by atoms with Crippen molar-refractivity contribution in [1.29, 1.82) is 0 Å². The summed E-state index contributed by atoms with van der Waals surface area (Å²) < 4.78 is 7.26. The van der Waals surface area contributed by atoms with Crippen LogP contribution in [0.1, 0.15) is 18.9 Å². The Kier molecular flexibility index (Phi) is 6.25. The van der Waals surface area contributed by atoms with Gasteiger partial charge in [-0.3, -0.25) is 18.9 Å². The molecule has 1 N–H and O–H groups in total. The van der Waals surface area contributed by atoms with E-state index >= 15 is 0 Å². The maximum atomic E-state index is 13.0. The lowest BCUT2D eigenvalue weighted by molar-refractivity contribution is -0.121. The Morgan fingerprint density at radius 3 is 2.89 bits per heavy atom. The van der Waals surface area contributed by atoms with Crippen molar-refractivity contribution in [3.63, 3.8) is 0 Å². The summed E-state index contributed by atoms with van der Waals surface area (Å²) in [4.78, 5) is 31.7. The number of carbonyl (C=O) groups excluding carboxylic acids is 1. The smallest absolute Gasteiger partial charge is 0.267 e. The van der Waals surface area contributed by atoms with E-state index in [1.807, 2.05) is 13.0 Å². The van der Waals surface area contributed by atoms with E-state index in [4.69, 9.17) is 17.0 Å². The number of hydrogen-bond acceptors (Lipinski definition) is 7. The Balaban J connectivity index is 1.99. The fourth-order valence-corrected chi connectivity index (χ4v) is 3.73. The van der Waals surface area contributed by atoms with Crippen molar-refractivity contribution in [3.8, 4) is 0 Å². The van der Waals surface area contributed by atoms with Crippen molar-refractivity contribution in [1.82, 2.24) is 14.3 Å². The second-order valence-corrected chi connectivity index (χ2v) is 7.50. The Labute approximate surface area is 166 Å². The molecule has 3 rings (SSSR count). The fraction of sp³-hybridized carbons (Fsp3) is 0.333. The molecule has 0 saturated carbocycles. The van der Waals surface area contributed by atoms with Crippen LogP contribution < -0.4 is 10.9 Å². The number of anilines is 1. The molecule has 3 heterocycles. The van der Waals surface area contributed by atoms with Gasteiger partial charge < -0.3 is 10.1 Å². The van der Waals surface area contributed by atoms with Gasteiger partial charge in [-0.15, -0.1) is 0 Å². The highest BCUT2D eigenvalue weighted by atomic mass is 32.2. The van der Waals surface area contributed by atoms with Crippen LogP contribution in [0.3, 0.4) is 0 Å². The van der Waals surface area contributed by atoms with Crippen LogP contribution in [-0.2, 0) is 9.53 Å². The van der Waals surface area contributed by atoms with E-state index in [1.165, 1.54) is 21.1 Å². The first-order valence-corrected chi connectivity index (χ1v) is 9.80. The zero-order valence-corrected chi connectivity index (χ0v) is 16.7. The van der Waals surface area contributed by atoms with E-state index in [0.29, 0.717) is 46.0 Å². The monoisotopic (exact) mass is 404 g/mol. The number of thiocarbonyl (C=S) groups is 1. The molecule has 7 nitrogen and oxygen atoms in total. The molecule has 2 aromatic heterocycles. The molecule has 0 aromatic carbocycles. The molecule has 1 amide bonds. The maximum absolute atomic E-state index is 13.0. The predicted octanol–water partition coefficient (Wildman–Crippen LogP) is 2.36. The second-order valence-electron chi connectivity index (χ2n) is 5.83. The molecule has 0 bridgehead atoms. The van der Waals surface area contributed by atoms with Crippen LogP contribution in [0.4, 0.5) is 5.82 Å². The van der Waals surface area contributed by atoms with Gasteiger partial charge in [0.2, 0.25) is 0 Å². The SMILES string of the molecule is CCOCCCNc1nc2ccccn2c(=O)c1C=C1SC(=S)N(C)C1=O. The van der Waals surface area contributed by atoms with Crippen molar-refractivity contribution in [2.45, 2.75) is 13.3 Å². The number of rotatable bonds is 7. The lowest BCUT2D eigenvalue weighted by atomic mass is 10.2. The van der Waals surface area contributed by atoms with Crippen molar-refractivity contribution in [2.75, 3.05) is 32.1 Å². The second kappa shape index (κ2) is 8.64. The minimum Gasteiger partial charge on any atom is -0.382 e. The number of aromatic nitrogens is 2. The van der Waals surface area contributed by atoms with Gasteiger partial charge in [-0.1, -0.05) is 30.0 Å². The predicted molar refractivity (Wildman–Crippen MR) is 112 cm³/mol. The summed E-state index contributed by atoms with van der Waals surface area (Å²) in [5.41, 5.74) is 0.633. The Bertz CT molecular complexity index is 971. The minimum atomic E-state index is -0.241. The summed E-state index contributed by atoms with van der Waals surface area (Å²) in [6.45, 7) is 3.84. The van der Waals surface area contributed by atoms with Gasteiger partial charge in [0.25, 0.3) is 11.5 Å². The van der Waals surface area contributed by atoms with Crippen molar-refractivity contribution in [3.05, 3.63) is 45.2 Å². The van der Waals surface area contributed by atoms with E-state index in [0.717, 1.165) is 6.42 Å². The standard InChI is InChI=1S/C18H20N4O3S2/c1-3-25-10-6-8-19-15-12(11-13-17(24)21(2)18(26)27-13)16(23)22-9-5-4-7-14(22)20-15/h4-5,7,9,11,19H,3,6,8,10H2,1-2H3. The maximum Gasteiger partial charge on any atom is 0.267 e. The summed E-state index contributed by atoms with van der Waals surface area (Å²) >= 11 is 6.34. The van der Waals surface area contributed by atoms with Gasteiger partial charge in [0.1, 0.15) is 15.8 Å². The van der Waals surface area contributed by atoms with Gasteiger partial charge in [0.05, 0.1) is 10.5 Å². The summed E-state index contributed by atoms with van der Waals surface area (Å²) in [6.07, 6.45) is 4.01. The van der Waals surface area contributed by atoms with E-state index in [9.17, 15) is 9.59 Å². The van der Waals surface area contributed by atoms with Gasteiger partial charge in [-0.2, -0.15) is 0 Å². The molecule has 9 heteroatoms. The van der Waals surface area contributed by atoms with Crippen molar-refractivity contribution >= 4 is 51.7 Å². The molecule has 1 fully saturated rings. The molecule has 27 heavy (non-hydrogen) atoms. The van der Waals surface area contributed by atoms with Crippen molar-refractivity contribution < 1.29 is 9.53 Å². The number of hydrogen-bond donors (Lipinski definition) is 1. The number of thioether (sulfide) groups is 1. The first kappa shape index (κ1) is 19.5. The number of carbonyl (C=O) groups is 1. The lowest BCUT2D eigenvalue weighted by Gasteiger charge is -2.11. The van der Waals surface area contributed by atoms with Gasteiger partial charge in [0.15, 0.2) is 0 Å². The molecular formula is C18H20N4O3S2. The zero-order chi connectivity index (χ0) is 19.4. The van der Waals surface area contributed by atoms with E-state index in [2.05, 4.69) is 10.3 Å².